The number of fused-ring (bicyclic) bond motifs is 1. The number of nitrogens with two attached hydrogens (primary N) is 1. The van der Waals surface area contributed by atoms with Crippen molar-refractivity contribution < 1.29 is 17.6 Å². The molecule has 0 radical (unpaired) electrons. The lowest BCUT2D eigenvalue weighted by Crippen LogP contribution is -2.21. The highest BCUT2D eigenvalue weighted by Gasteiger charge is 2.38. The number of nitrogens with zero attached hydrogens (tertiary/aromatic N) is 4. The van der Waals surface area contributed by atoms with Crippen LogP contribution in [0.1, 0.15) is 5.82 Å². The average Bonchev–Trinajstić information content (AvgIpc) is 3.00. The van der Waals surface area contributed by atoms with Gasteiger partial charge in [0.15, 0.2) is 5.58 Å². The maximum Gasteiger partial charge on any atom is 0.453 e. The molecule has 0 aliphatic carbocycles. The van der Waals surface area contributed by atoms with Crippen LogP contribution < -0.4 is 11.6 Å². The van der Waals surface area contributed by atoms with E-state index in [9.17, 15) is 18.0 Å². The van der Waals surface area contributed by atoms with Gasteiger partial charge in [-0.15, -0.1) is 10.2 Å². The van der Waals surface area contributed by atoms with E-state index in [1.807, 2.05) is 0 Å². The summed E-state index contributed by atoms with van der Waals surface area (Å²) in [5, 5.41) is 6.35. The number of aryl methyl sites for hydroxylation is 1. The quantitative estimate of drug-likeness (QED) is 0.572. The third kappa shape index (κ3) is 2.91. The molecular formula is C12H10F3N5O2S. The minimum Gasteiger partial charge on any atom is -0.408 e. The largest absolute Gasteiger partial charge is 0.453 e. The van der Waals surface area contributed by atoms with Crippen LogP contribution >= 0.6 is 11.8 Å². The highest BCUT2D eigenvalue weighted by Crippen LogP contribution is 2.28. The number of nitrogen functional groups attached to an aromatic ring is 1. The van der Waals surface area contributed by atoms with E-state index < -0.39 is 17.8 Å². The van der Waals surface area contributed by atoms with Crippen molar-refractivity contribution in [3.05, 3.63) is 40.6 Å². The molecule has 0 aliphatic rings. The summed E-state index contributed by atoms with van der Waals surface area (Å²) in [6, 6.07) is 6.87. The summed E-state index contributed by atoms with van der Waals surface area (Å²) in [6.07, 6.45) is -4.67. The van der Waals surface area contributed by atoms with Crippen molar-refractivity contribution in [3.8, 4) is 0 Å². The van der Waals surface area contributed by atoms with Crippen LogP contribution in [0.15, 0.2) is 38.6 Å². The fourth-order valence-corrected chi connectivity index (χ4v) is 2.80. The molecule has 0 unspecified atom stereocenters. The first-order valence-electron chi connectivity index (χ1n) is 6.37. The SMILES string of the molecule is Nn1c(SCCn2c(=O)oc3ccccc32)nnc1C(F)(F)F. The Morgan fingerprint density at radius 3 is 2.70 bits per heavy atom. The lowest BCUT2D eigenvalue weighted by atomic mass is 10.3. The molecule has 0 saturated carbocycles. The van der Waals surface area contributed by atoms with E-state index in [0.29, 0.717) is 15.8 Å². The van der Waals surface area contributed by atoms with Crippen LogP contribution in [-0.4, -0.2) is 25.2 Å². The molecule has 2 N–H and O–H groups in total. The van der Waals surface area contributed by atoms with Crippen LogP contribution in [-0.2, 0) is 12.7 Å². The van der Waals surface area contributed by atoms with E-state index in [2.05, 4.69) is 10.2 Å². The zero-order chi connectivity index (χ0) is 16.6. The Labute approximate surface area is 130 Å². The average molecular weight is 345 g/mol. The van der Waals surface area contributed by atoms with Crippen LogP contribution in [0.3, 0.4) is 0 Å². The van der Waals surface area contributed by atoms with E-state index in [0.717, 1.165) is 11.8 Å². The van der Waals surface area contributed by atoms with Gasteiger partial charge in [0, 0.05) is 12.3 Å². The first-order chi connectivity index (χ1) is 10.9. The van der Waals surface area contributed by atoms with Gasteiger partial charge in [-0.25, -0.2) is 9.47 Å². The van der Waals surface area contributed by atoms with Gasteiger partial charge in [-0.3, -0.25) is 4.57 Å². The molecule has 0 bridgehead atoms. The monoisotopic (exact) mass is 345 g/mol. The molecule has 2 aromatic heterocycles. The Balaban J connectivity index is 1.74. The summed E-state index contributed by atoms with van der Waals surface area (Å²) in [5.41, 5.74) is 1.06. The predicted octanol–water partition coefficient (Wildman–Crippen LogP) is 1.71. The zero-order valence-corrected chi connectivity index (χ0v) is 12.3. The molecule has 1 aromatic carbocycles. The maximum absolute atomic E-state index is 12.6. The molecule has 0 fully saturated rings. The molecule has 0 amide bonds. The Kier molecular flexibility index (Phi) is 3.80. The molecule has 2 heterocycles. The third-order valence-electron chi connectivity index (χ3n) is 3.04. The number of aromatic nitrogens is 4. The summed E-state index contributed by atoms with van der Waals surface area (Å²) < 4.78 is 44.5. The smallest absolute Gasteiger partial charge is 0.408 e. The Morgan fingerprint density at radius 1 is 1.26 bits per heavy atom. The van der Waals surface area contributed by atoms with Crippen LogP contribution in [0, 0.1) is 0 Å². The van der Waals surface area contributed by atoms with E-state index >= 15 is 0 Å². The second kappa shape index (κ2) is 5.65. The van der Waals surface area contributed by atoms with Gasteiger partial charge in [0.05, 0.1) is 5.52 Å². The van der Waals surface area contributed by atoms with Crippen molar-refractivity contribution in [2.45, 2.75) is 17.9 Å². The number of thioether (sulfide) groups is 1. The number of benzene rings is 1. The predicted molar refractivity (Wildman–Crippen MR) is 76.4 cm³/mol. The summed E-state index contributed by atoms with van der Waals surface area (Å²) >= 11 is 0.962. The van der Waals surface area contributed by atoms with E-state index in [1.165, 1.54) is 4.57 Å². The second-order valence-electron chi connectivity index (χ2n) is 4.51. The Bertz CT molecular complexity index is 898. The summed E-state index contributed by atoms with van der Waals surface area (Å²) in [4.78, 5) is 11.8. The van der Waals surface area contributed by atoms with Crippen molar-refractivity contribution in [2.75, 3.05) is 11.6 Å². The number of para-hydroxylation sites is 2. The summed E-state index contributed by atoms with van der Waals surface area (Å²) in [6.45, 7) is 0.231. The highest BCUT2D eigenvalue weighted by molar-refractivity contribution is 7.99. The minimum atomic E-state index is -4.67. The van der Waals surface area contributed by atoms with Crippen LogP contribution in [0.4, 0.5) is 13.2 Å². The molecular weight excluding hydrogens is 335 g/mol. The first kappa shape index (κ1) is 15.5. The topological polar surface area (TPSA) is 91.9 Å². The number of rotatable bonds is 4. The van der Waals surface area contributed by atoms with Crippen molar-refractivity contribution >= 4 is 22.9 Å². The van der Waals surface area contributed by atoms with Crippen LogP contribution in [0.25, 0.3) is 11.1 Å². The molecule has 0 spiro atoms. The molecule has 3 aromatic rings. The maximum atomic E-state index is 12.6. The van der Waals surface area contributed by atoms with E-state index in [1.54, 1.807) is 24.3 Å². The van der Waals surface area contributed by atoms with Gasteiger partial charge in [-0.1, -0.05) is 23.9 Å². The number of oxazole rings is 1. The van der Waals surface area contributed by atoms with Crippen LogP contribution in [0.2, 0.25) is 0 Å². The first-order valence-corrected chi connectivity index (χ1v) is 7.35. The fourth-order valence-electron chi connectivity index (χ4n) is 2.02. The summed E-state index contributed by atoms with van der Waals surface area (Å²) in [7, 11) is 0. The zero-order valence-electron chi connectivity index (χ0n) is 11.4. The van der Waals surface area contributed by atoms with Crippen molar-refractivity contribution in [3.63, 3.8) is 0 Å². The molecule has 0 saturated heterocycles. The Hall–Kier alpha value is -2.43. The lowest BCUT2D eigenvalue weighted by molar-refractivity contribution is -0.146. The molecule has 3 rings (SSSR count). The van der Waals surface area contributed by atoms with E-state index in [4.69, 9.17) is 10.3 Å². The minimum absolute atomic E-state index is 0.0850. The van der Waals surface area contributed by atoms with Crippen LogP contribution in [0.5, 0.6) is 0 Å². The Morgan fingerprint density at radius 2 is 2.00 bits per heavy atom. The molecule has 0 atom stereocenters. The van der Waals surface area contributed by atoms with E-state index in [-0.39, 0.29) is 17.5 Å². The molecule has 23 heavy (non-hydrogen) atoms. The van der Waals surface area contributed by atoms with Gasteiger partial charge in [-0.05, 0) is 12.1 Å². The van der Waals surface area contributed by atoms with Gasteiger partial charge in [0.2, 0.25) is 5.16 Å². The lowest BCUT2D eigenvalue weighted by Gasteiger charge is -2.06. The standard InChI is InChI=1S/C12H10F3N5O2S/c13-12(14,15)9-17-18-10(20(9)16)23-6-5-19-7-3-1-2-4-8(7)22-11(19)21/h1-4H,5-6,16H2. The highest BCUT2D eigenvalue weighted by atomic mass is 32.2. The molecule has 122 valence electrons. The molecule has 7 nitrogen and oxygen atoms in total. The number of halogens is 3. The number of hydrogen-bond acceptors (Lipinski definition) is 6. The fraction of sp³-hybridized carbons (Fsp3) is 0.250. The third-order valence-corrected chi connectivity index (χ3v) is 3.96. The normalized spacial score (nSPS) is 12.1. The molecule has 0 aliphatic heterocycles. The number of alkyl halides is 3. The number of hydrogen-bond donors (Lipinski definition) is 1. The van der Waals surface area contributed by atoms with Gasteiger partial charge in [-0.2, -0.15) is 13.2 Å². The van der Waals surface area contributed by atoms with Gasteiger partial charge < -0.3 is 10.3 Å². The van der Waals surface area contributed by atoms with Crippen molar-refractivity contribution in [2.24, 2.45) is 0 Å². The van der Waals surface area contributed by atoms with Gasteiger partial charge in [0.1, 0.15) is 0 Å². The van der Waals surface area contributed by atoms with Crippen molar-refractivity contribution in [1.29, 1.82) is 0 Å². The van der Waals surface area contributed by atoms with Gasteiger partial charge in [0.25, 0.3) is 5.82 Å². The summed E-state index contributed by atoms with van der Waals surface area (Å²) in [5.74, 6) is 3.80. The molecule has 11 heteroatoms. The van der Waals surface area contributed by atoms with Gasteiger partial charge >= 0.3 is 11.9 Å². The van der Waals surface area contributed by atoms with Crippen molar-refractivity contribution in [1.82, 2.24) is 19.4 Å². The second-order valence-corrected chi connectivity index (χ2v) is 5.57.